The highest BCUT2D eigenvalue weighted by molar-refractivity contribution is 4.97. The molecule has 2 atom stereocenters. The number of nitrogens with two attached hydrogens (primary N) is 1. The lowest BCUT2D eigenvalue weighted by atomic mass is 9.86. The van der Waals surface area contributed by atoms with Gasteiger partial charge in [-0.2, -0.15) is 0 Å². The fourth-order valence-electron chi connectivity index (χ4n) is 3.46. The van der Waals surface area contributed by atoms with E-state index in [0.29, 0.717) is 5.92 Å². The van der Waals surface area contributed by atoms with Gasteiger partial charge in [-0.1, -0.05) is 20.3 Å². The maximum atomic E-state index is 9.49. The Bertz CT molecular complexity index is 265. The van der Waals surface area contributed by atoms with E-state index in [-0.39, 0.29) is 12.1 Å². The van der Waals surface area contributed by atoms with Crippen LogP contribution in [0.25, 0.3) is 0 Å². The minimum atomic E-state index is -0.285. The standard InChI is InChI=1S/C15H30N2O/c1-12(2)10-17(14-5-6-14)9-7-13-4-3-8-15(13,16)11-18/h12-14,18H,3-11,16H2,1-2H3. The van der Waals surface area contributed by atoms with E-state index in [9.17, 15) is 5.11 Å². The van der Waals surface area contributed by atoms with Gasteiger partial charge in [0.2, 0.25) is 0 Å². The van der Waals surface area contributed by atoms with E-state index in [1.54, 1.807) is 0 Å². The van der Waals surface area contributed by atoms with Crippen LogP contribution in [0.5, 0.6) is 0 Å². The van der Waals surface area contributed by atoms with Gasteiger partial charge in [0.05, 0.1) is 6.61 Å². The Labute approximate surface area is 112 Å². The SMILES string of the molecule is CC(C)CN(CCC1CCCC1(N)CO)C1CC1. The Balaban J connectivity index is 1.81. The first kappa shape index (κ1) is 14.3. The fraction of sp³-hybridized carbons (Fsp3) is 1.00. The van der Waals surface area contributed by atoms with Gasteiger partial charge >= 0.3 is 0 Å². The monoisotopic (exact) mass is 254 g/mol. The van der Waals surface area contributed by atoms with Gasteiger partial charge in [0.1, 0.15) is 0 Å². The topological polar surface area (TPSA) is 49.5 Å². The lowest BCUT2D eigenvalue weighted by molar-refractivity contribution is 0.139. The molecule has 3 N–H and O–H groups in total. The van der Waals surface area contributed by atoms with Crippen LogP contribution in [0.2, 0.25) is 0 Å². The predicted molar refractivity (Wildman–Crippen MR) is 75.4 cm³/mol. The molecular formula is C15H30N2O. The van der Waals surface area contributed by atoms with Crippen LogP contribution in [0.3, 0.4) is 0 Å². The normalized spacial score (nSPS) is 32.7. The molecule has 2 rings (SSSR count). The van der Waals surface area contributed by atoms with Crippen molar-refractivity contribution in [3.05, 3.63) is 0 Å². The number of hydrogen-bond donors (Lipinski definition) is 2. The van der Waals surface area contributed by atoms with Gasteiger partial charge in [0.15, 0.2) is 0 Å². The summed E-state index contributed by atoms with van der Waals surface area (Å²) in [6.45, 7) is 7.14. The molecule has 0 aliphatic heterocycles. The van der Waals surface area contributed by atoms with Crippen LogP contribution >= 0.6 is 0 Å². The highest BCUT2D eigenvalue weighted by atomic mass is 16.3. The molecule has 3 heteroatoms. The summed E-state index contributed by atoms with van der Waals surface area (Å²) in [5, 5.41) is 9.49. The molecule has 0 aromatic carbocycles. The third-order valence-corrected chi connectivity index (χ3v) is 4.73. The summed E-state index contributed by atoms with van der Waals surface area (Å²) in [7, 11) is 0. The van der Waals surface area contributed by atoms with Gasteiger partial charge in [0.25, 0.3) is 0 Å². The quantitative estimate of drug-likeness (QED) is 0.730. The Kier molecular flexibility index (Phi) is 4.68. The second-order valence-corrected chi connectivity index (χ2v) is 6.89. The summed E-state index contributed by atoms with van der Waals surface area (Å²) in [4.78, 5) is 2.65. The van der Waals surface area contributed by atoms with Crippen molar-refractivity contribution in [2.45, 2.75) is 64.0 Å². The number of aliphatic hydroxyl groups excluding tert-OH is 1. The number of nitrogens with zero attached hydrogens (tertiary/aromatic N) is 1. The van der Waals surface area contributed by atoms with E-state index in [0.717, 1.165) is 18.4 Å². The van der Waals surface area contributed by atoms with E-state index in [4.69, 9.17) is 5.73 Å². The summed E-state index contributed by atoms with van der Waals surface area (Å²) in [6, 6.07) is 0.843. The zero-order chi connectivity index (χ0) is 13.2. The van der Waals surface area contributed by atoms with Gasteiger partial charge in [0, 0.05) is 18.1 Å². The second kappa shape index (κ2) is 5.89. The lowest BCUT2D eigenvalue weighted by Gasteiger charge is -2.32. The molecule has 2 saturated carbocycles. The summed E-state index contributed by atoms with van der Waals surface area (Å²) >= 11 is 0. The number of hydrogen-bond acceptors (Lipinski definition) is 3. The highest BCUT2D eigenvalue weighted by Gasteiger charge is 2.39. The Hall–Kier alpha value is -0.120. The van der Waals surface area contributed by atoms with Crippen LogP contribution < -0.4 is 5.73 Å². The van der Waals surface area contributed by atoms with Gasteiger partial charge in [-0.05, 0) is 50.5 Å². The first-order chi connectivity index (χ1) is 8.55. The minimum absolute atomic E-state index is 0.158. The maximum Gasteiger partial charge on any atom is 0.0613 e. The smallest absolute Gasteiger partial charge is 0.0613 e. The van der Waals surface area contributed by atoms with Crippen LogP contribution in [-0.2, 0) is 0 Å². The molecule has 0 aromatic heterocycles. The Morgan fingerprint density at radius 1 is 1.33 bits per heavy atom. The maximum absolute atomic E-state index is 9.49. The van der Waals surface area contributed by atoms with E-state index < -0.39 is 0 Å². The zero-order valence-electron chi connectivity index (χ0n) is 12.1. The largest absolute Gasteiger partial charge is 0.394 e. The molecule has 3 nitrogen and oxygen atoms in total. The zero-order valence-corrected chi connectivity index (χ0v) is 12.1. The van der Waals surface area contributed by atoms with Crippen LogP contribution in [0, 0.1) is 11.8 Å². The van der Waals surface area contributed by atoms with Crippen molar-refractivity contribution < 1.29 is 5.11 Å². The minimum Gasteiger partial charge on any atom is -0.394 e. The molecule has 0 spiro atoms. The molecule has 0 heterocycles. The van der Waals surface area contributed by atoms with E-state index in [1.165, 1.54) is 45.2 Å². The Morgan fingerprint density at radius 2 is 2.06 bits per heavy atom. The average molecular weight is 254 g/mol. The lowest BCUT2D eigenvalue weighted by Crippen LogP contribution is -2.48. The van der Waals surface area contributed by atoms with Crippen molar-refractivity contribution in [2.75, 3.05) is 19.7 Å². The molecule has 106 valence electrons. The molecule has 0 aromatic rings. The van der Waals surface area contributed by atoms with Crippen molar-refractivity contribution in [3.8, 4) is 0 Å². The van der Waals surface area contributed by atoms with E-state index in [2.05, 4.69) is 18.7 Å². The van der Waals surface area contributed by atoms with Crippen molar-refractivity contribution in [3.63, 3.8) is 0 Å². The predicted octanol–water partition coefficient (Wildman–Crippen LogP) is 1.99. The van der Waals surface area contributed by atoms with Crippen LogP contribution in [0.1, 0.15) is 52.4 Å². The van der Waals surface area contributed by atoms with Crippen molar-refractivity contribution >= 4 is 0 Å². The molecule has 2 unspecified atom stereocenters. The summed E-state index contributed by atoms with van der Waals surface area (Å²) < 4.78 is 0. The van der Waals surface area contributed by atoms with Crippen molar-refractivity contribution in [1.82, 2.24) is 4.90 Å². The third kappa shape index (κ3) is 3.46. The number of rotatable bonds is 7. The molecule has 0 saturated heterocycles. The van der Waals surface area contributed by atoms with E-state index >= 15 is 0 Å². The molecule has 0 radical (unpaired) electrons. The van der Waals surface area contributed by atoms with Crippen LogP contribution in [-0.4, -0.2) is 41.3 Å². The molecule has 2 fully saturated rings. The van der Waals surface area contributed by atoms with Gasteiger partial charge < -0.3 is 15.7 Å². The molecule has 2 aliphatic carbocycles. The second-order valence-electron chi connectivity index (χ2n) is 6.89. The summed E-state index contributed by atoms with van der Waals surface area (Å²) in [6.07, 6.45) is 7.32. The molecule has 0 bridgehead atoms. The van der Waals surface area contributed by atoms with Crippen molar-refractivity contribution in [2.24, 2.45) is 17.6 Å². The summed E-state index contributed by atoms with van der Waals surface area (Å²) in [5.41, 5.74) is 6.03. The molecule has 18 heavy (non-hydrogen) atoms. The van der Waals surface area contributed by atoms with E-state index in [1.807, 2.05) is 0 Å². The van der Waals surface area contributed by atoms with Crippen molar-refractivity contribution in [1.29, 1.82) is 0 Å². The van der Waals surface area contributed by atoms with Gasteiger partial charge in [-0.3, -0.25) is 0 Å². The van der Waals surface area contributed by atoms with Crippen LogP contribution in [0.4, 0.5) is 0 Å². The Morgan fingerprint density at radius 3 is 2.61 bits per heavy atom. The summed E-state index contributed by atoms with van der Waals surface area (Å²) in [5.74, 6) is 1.27. The molecular weight excluding hydrogens is 224 g/mol. The third-order valence-electron chi connectivity index (χ3n) is 4.73. The van der Waals surface area contributed by atoms with Crippen LogP contribution in [0.15, 0.2) is 0 Å². The first-order valence-corrected chi connectivity index (χ1v) is 7.69. The number of aliphatic hydroxyl groups is 1. The highest BCUT2D eigenvalue weighted by Crippen LogP contribution is 2.37. The molecule has 2 aliphatic rings. The first-order valence-electron chi connectivity index (χ1n) is 7.69. The van der Waals surface area contributed by atoms with Gasteiger partial charge in [-0.25, -0.2) is 0 Å². The fourth-order valence-corrected chi connectivity index (χ4v) is 3.46. The van der Waals surface area contributed by atoms with Gasteiger partial charge in [-0.15, -0.1) is 0 Å². The average Bonchev–Trinajstić information content (AvgIpc) is 3.09. The molecule has 0 amide bonds.